The largest absolute Gasteiger partial charge is 0.502 e. The molecule has 2 N–H and O–H groups in total. The number of imide groups is 1. The molecule has 0 fully saturated rings. The SMILES string of the molecule is O=C1NC(=O)C(c2nc(-c3ccc(Br)cc3)cs2)=C1O. The molecule has 1 aromatic heterocycles. The van der Waals surface area contributed by atoms with E-state index >= 15 is 0 Å². The molecule has 0 spiro atoms. The first kappa shape index (κ1) is 13.0. The molecular weight excluding hydrogens is 344 g/mol. The van der Waals surface area contributed by atoms with E-state index in [0.717, 1.165) is 10.0 Å². The molecule has 1 aliphatic heterocycles. The van der Waals surface area contributed by atoms with Gasteiger partial charge < -0.3 is 5.11 Å². The summed E-state index contributed by atoms with van der Waals surface area (Å²) in [7, 11) is 0. The van der Waals surface area contributed by atoms with Gasteiger partial charge >= 0.3 is 0 Å². The number of hydrogen-bond acceptors (Lipinski definition) is 5. The minimum Gasteiger partial charge on any atom is -0.502 e. The van der Waals surface area contributed by atoms with E-state index in [-0.39, 0.29) is 5.57 Å². The average molecular weight is 351 g/mol. The van der Waals surface area contributed by atoms with Crippen LogP contribution in [0.2, 0.25) is 0 Å². The average Bonchev–Trinajstić information content (AvgIpc) is 2.97. The number of aromatic nitrogens is 1. The molecule has 5 nitrogen and oxygen atoms in total. The summed E-state index contributed by atoms with van der Waals surface area (Å²) in [6.45, 7) is 0. The van der Waals surface area contributed by atoms with Gasteiger partial charge in [-0.15, -0.1) is 11.3 Å². The number of thiazole rings is 1. The van der Waals surface area contributed by atoms with Crippen molar-refractivity contribution in [2.45, 2.75) is 0 Å². The standard InChI is InChI=1S/C13H7BrN2O3S/c14-7-3-1-6(2-4-7)8-5-20-13(15-8)9-10(17)12(19)16-11(9)18/h1-5H,(H2,16,17,18,19). The molecule has 100 valence electrons. The fourth-order valence-electron chi connectivity index (χ4n) is 1.79. The molecule has 2 amide bonds. The lowest BCUT2D eigenvalue weighted by Crippen LogP contribution is -2.22. The predicted molar refractivity (Wildman–Crippen MR) is 77.9 cm³/mol. The molecule has 0 atom stereocenters. The highest BCUT2D eigenvalue weighted by atomic mass is 79.9. The smallest absolute Gasteiger partial charge is 0.293 e. The molecule has 1 aliphatic rings. The Hall–Kier alpha value is -1.99. The quantitative estimate of drug-likeness (QED) is 0.815. The van der Waals surface area contributed by atoms with Crippen molar-refractivity contribution in [3.8, 4) is 11.3 Å². The second kappa shape index (κ2) is 4.84. The molecule has 0 radical (unpaired) electrons. The first-order valence-electron chi connectivity index (χ1n) is 5.57. The maximum Gasteiger partial charge on any atom is 0.293 e. The zero-order chi connectivity index (χ0) is 14.3. The topological polar surface area (TPSA) is 79.3 Å². The van der Waals surface area contributed by atoms with Gasteiger partial charge in [0, 0.05) is 15.4 Å². The van der Waals surface area contributed by atoms with Gasteiger partial charge in [0.2, 0.25) is 0 Å². The van der Waals surface area contributed by atoms with Crippen LogP contribution in [0.3, 0.4) is 0 Å². The normalized spacial score (nSPS) is 14.8. The number of rotatable bonds is 2. The van der Waals surface area contributed by atoms with E-state index in [1.165, 1.54) is 11.3 Å². The Morgan fingerprint density at radius 3 is 2.45 bits per heavy atom. The van der Waals surface area contributed by atoms with Gasteiger partial charge in [-0.3, -0.25) is 14.9 Å². The number of carbonyl (C=O) groups is 2. The van der Waals surface area contributed by atoms with Crippen LogP contribution in [-0.4, -0.2) is 21.9 Å². The molecule has 0 saturated carbocycles. The van der Waals surface area contributed by atoms with E-state index in [9.17, 15) is 14.7 Å². The zero-order valence-corrected chi connectivity index (χ0v) is 12.3. The van der Waals surface area contributed by atoms with Gasteiger partial charge in [-0.2, -0.15) is 0 Å². The maximum absolute atomic E-state index is 11.6. The lowest BCUT2D eigenvalue weighted by atomic mass is 10.2. The minimum absolute atomic E-state index is 0.0663. The monoisotopic (exact) mass is 350 g/mol. The third-order valence-electron chi connectivity index (χ3n) is 2.76. The minimum atomic E-state index is -0.787. The fraction of sp³-hybridized carbons (Fsp3) is 0. The van der Waals surface area contributed by atoms with Gasteiger partial charge in [-0.25, -0.2) is 4.98 Å². The molecule has 3 rings (SSSR count). The van der Waals surface area contributed by atoms with Crippen LogP contribution < -0.4 is 5.32 Å². The lowest BCUT2D eigenvalue weighted by molar-refractivity contribution is -0.124. The number of halogens is 1. The van der Waals surface area contributed by atoms with E-state index in [2.05, 4.69) is 20.9 Å². The van der Waals surface area contributed by atoms with Crippen molar-refractivity contribution in [3.05, 3.63) is 44.9 Å². The predicted octanol–water partition coefficient (Wildman–Crippen LogP) is 2.50. The molecular formula is C13H7BrN2O3S. The summed E-state index contributed by atoms with van der Waals surface area (Å²) in [5.74, 6) is -1.98. The summed E-state index contributed by atoms with van der Waals surface area (Å²) in [4.78, 5) is 27.1. The molecule has 2 heterocycles. The van der Waals surface area contributed by atoms with Crippen molar-refractivity contribution in [2.24, 2.45) is 0 Å². The number of hydrogen-bond donors (Lipinski definition) is 2. The Labute approximate surface area is 126 Å². The van der Waals surface area contributed by atoms with Crippen LogP contribution in [0.1, 0.15) is 5.01 Å². The summed E-state index contributed by atoms with van der Waals surface area (Å²) in [6.07, 6.45) is 0. The van der Waals surface area contributed by atoms with Crippen LogP contribution in [0.4, 0.5) is 0 Å². The molecule has 1 aromatic carbocycles. The summed E-state index contributed by atoms with van der Waals surface area (Å²) >= 11 is 4.55. The van der Waals surface area contributed by atoms with Crippen molar-refractivity contribution in [3.63, 3.8) is 0 Å². The van der Waals surface area contributed by atoms with Crippen molar-refractivity contribution in [1.29, 1.82) is 0 Å². The van der Waals surface area contributed by atoms with Crippen LogP contribution in [-0.2, 0) is 9.59 Å². The summed E-state index contributed by atoms with van der Waals surface area (Å²) in [5, 5.41) is 13.7. The van der Waals surface area contributed by atoms with E-state index in [0.29, 0.717) is 10.7 Å². The van der Waals surface area contributed by atoms with E-state index < -0.39 is 17.6 Å². The van der Waals surface area contributed by atoms with Gasteiger partial charge in [-0.1, -0.05) is 28.1 Å². The summed E-state index contributed by atoms with van der Waals surface area (Å²) < 4.78 is 0.956. The van der Waals surface area contributed by atoms with Gasteiger partial charge in [0.15, 0.2) is 5.76 Å². The third kappa shape index (κ3) is 2.14. The molecule has 0 saturated heterocycles. The van der Waals surface area contributed by atoms with Crippen LogP contribution >= 0.6 is 27.3 Å². The van der Waals surface area contributed by atoms with Gasteiger partial charge in [0.05, 0.1) is 5.69 Å². The number of aliphatic hydroxyl groups excluding tert-OH is 1. The molecule has 20 heavy (non-hydrogen) atoms. The van der Waals surface area contributed by atoms with Crippen molar-refractivity contribution in [2.75, 3.05) is 0 Å². The number of carbonyl (C=O) groups excluding carboxylic acids is 2. The molecule has 2 aromatic rings. The number of amides is 2. The van der Waals surface area contributed by atoms with Crippen LogP contribution in [0, 0.1) is 0 Å². The van der Waals surface area contributed by atoms with Crippen LogP contribution in [0.25, 0.3) is 16.8 Å². The summed E-state index contributed by atoms with van der Waals surface area (Å²) in [5.41, 5.74) is 1.51. The lowest BCUT2D eigenvalue weighted by Gasteiger charge is -1.97. The maximum atomic E-state index is 11.6. The second-order valence-electron chi connectivity index (χ2n) is 4.05. The van der Waals surface area contributed by atoms with Gasteiger partial charge in [0.1, 0.15) is 10.6 Å². The van der Waals surface area contributed by atoms with Crippen molar-refractivity contribution >= 4 is 44.7 Å². The Morgan fingerprint density at radius 2 is 1.85 bits per heavy atom. The Balaban J connectivity index is 2.01. The molecule has 0 unspecified atom stereocenters. The number of nitrogens with zero attached hydrogens (tertiary/aromatic N) is 1. The molecule has 0 aliphatic carbocycles. The van der Waals surface area contributed by atoms with E-state index in [1.807, 2.05) is 29.6 Å². The van der Waals surface area contributed by atoms with Crippen molar-refractivity contribution < 1.29 is 14.7 Å². The van der Waals surface area contributed by atoms with E-state index in [1.54, 1.807) is 5.38 Å². The zero-order valence-electron chi connectivity index (χ0n) is 9.88. The molecule has 7 heteroatoms. The molecule has 0 bridgehead atoms. The second-order valence-corrected chi connectivity index (χ2v) is 5.83. The highest BCUT2D eigenvalue weighted by Gasteiger charge is 2.33. The number of aliphatic hydroxyl groups is 1. The van der Waals surface area contributed by atoms with E-state index in [4.69, 9.17) is 0 Å². The summed E-state index contributed by atoms with van der Waals surface area (Å²) in [6, 6.07) is 7.54. The highest BCUT2D eigenvalue weighted by molar-refractivity contribution is 9.10. The Bertz CT molecular complexity index is 749. The van der Waals surface area contributed by atoms with Crippen LogP contribution in [0.15, 0.2) is 39.9 Å². The Morgan fingerprint density at radius 1 is 1.15 bits per heavy atom. The first-order valence-corrected chi connectivity index (χ1v) is 7.24. The van der Waals surface area contributed by atoms with Gasteiger partial charge in [-0.05, 0) is 12.1 Å². The van der Waals surface area contributed by atoms with Crippen LogP contribution in [0.5, 0.6) is 0 Å². The highest BCUT2D eigenvalue weighted by Crippen LogP contribution is 2.30. The van der Waals surface area contributed by atoms with Crippen molar-refractivity contribution in [1.82, 2.24) is 10.3 Å². The fourth-order valence-corrected chi connectivity index (χ4v) is 2.92. The number of benzene rings is 1. The third-order valence-corrected chi connectivity index (χ3v) is 4.15. The number of nitrogens with one attached hydrogen (secondary N) is 1. The van der Waals surface area contributed by atoms with Gasteiger partial charge in [0.25, 0.3) is 11.8 Å². The first-order chi connectivity index (χ1) is 9.56. The Kier molecular flexibility index (Phi) is 3.15.